The van der Waals surface area contributed by atoms with E-state index in [-0.39, 0.29) is 33.8 Å². The molecule has 5 nitrogen and oxygen atoms in total. The Bertz CT molecular complexity index is 497. The zero-order valence-electron chi connectivity index (χ0n) is 9.74. The van der Waals surface area contributed by atoms with Gasteiger partial charge in [-0.25, -0.2) is 13.1 Å². The summed E-state index contributed by atoms with van der Waals surface area (Å²) in [6.07, 6.45) is 0. The first-order valence-electron chi connectivity index (χ1n) is 5.20. The van der Waals surface area contributed by atoms with E-state index in [0.29, 0.717) is 6.61 Å². The summed E-state index contributed by atoms with van der Waals surface area (Å²) in [6.45, 7) is 2.77. The predicted octanol–water partition coefficient (Wildman–Crippen LogP) is 1.89. The van der Waals surface area contributed by atoms with Crippen molar-refractivity contribution in [3.63, 3.8) is 0 Å². The first-order chi connectivity index (χ1) is 8.38. The van der Waals surface area contributed by atoms with Crippen LogP contribution in [0.1, 0.15) is 6.92 Å². The summed E-state index contributed by atoms with van der Waals surface area (Å²) in [5, 5.41) is 0.273. The molecule has 8 heteroatoms. The van der Waals surface area contributed by atoms with Gasteiger partial charge in [0.25, 0.3) is 0 Å². The maximum Gasteiger partial charge on any atom is 0.244 e. The first-order valence-corrected chi connectivity index (χ1v) is 7.44. The maximum absolute atomic E-state index is 12.0. The maximum atomic E-state index is 12.0. The number of nitrogens with two attached hydrogens (primary N) is 1. The molecule has 0 radical (unpaired) electrons. The van der Waals surface area contributed by atoms with E-state index in [2.05, 4.69) is 4.72 Å². The van der Waals surface area contributed by atoms with E-state index in [1.165, 1.54) is 12.1 Å². The van der Waals surface area contributed by atoms with Gasteiger partial charge in [-0.15, -0.1) is 0 Å². The Kier molecular flexibility index (Phi) is 5.68. The summed E-state index contributed by atoms with van der Waals surface area (Å²) in [4.78, 5) is -0.162. The van der Waals surface area contributed by atoms with Gasteiger partial charge in [0, 0.05) is 18.2 Å². The number of halogens is 2. The van der Waals surface area contributed by atoms with Crippen molar-refractivity contribution in [1.82, 2.24) is 4.72 Å². The zero-order valence-corrected chi connectivity index (χ0v) is 12.1. The third-order valence-electron chi connectivity index (χ3n) is 2.05. The highest BCUT2D eigenvalue weighted by Gasteiger charge is 2.21. The highest BCUT2D eigenvalue weighted by molar-refractivity contribution is 7.89. The van der Waals surface area contributed by atoms with Crippen molar-refractivity contribution in [2.24, 2.45) is 0 Å². The number of nitrogen functional groups attached to an aromatic ring is 1. The summed E-state index contributed by atoms with van der Waals surface area (Å²) in [6, 6.07) is 2.67. The van der Waals surface area contributed by atoms with Crippen LogP contribution in [0.4, 0.5) is 5.69 Å². The lowest BCUT2D eigenvalue weighted by Crippen LogP contribution is -2.28. The van der Waals surface area contributed by atoms with Gasteiger partial charge in [-0.3, -0.25) is 0 Å². The van der Waals surface area contributed by atoms with Crippen molar-refractivity contribution < 1.29 is 13.2 Å². The predicted molar refractivity (Wildman–Crippen MR) is 72.6 cm³/mol. The Morgan fingerprint density at radius 3 is 2.61 bits per heavy atom. The van der Waals surface area contributed by atoms with Crippen LogP contribution in [0.25, 0.3) is 0 Å². The lowest BCUT2D eigenvalue weighted by Gasteiger charge is -2.11. The fraction of sp³-hybridized carbons (Fsp3) is 0.400. The van der Waals surface area contributed by atoms with E-state index in [4.69, 9.17) is 33.7 Å². The summed E-state index contributed by atoms with van der Waals surface area (Å²) < 4.78 is 31.3. The number of hydrogen-bond acceptors (Lipinski definition) is 4. The van der Waals surface area contributed by atoms with E-state index in [1.54, 1.807) is 0 Å². The van der Waals surface area contributed by atoms with Gasteiger partial charge in [0.2, 0.25) is 10.0 Å². The van der Waals surface area contributed by atoms with Crippen LogP contribution in [0, 0.1) is 0 Å². The minimum atomic E-state index is -3.76. The number of rotatable bonds is 6. The van der Waals surface area contributed by atoms with Crippen molar-refractivity contribution >= 4 is 38.9 Å². The summed E-state index contributed by atoms with van der Waals surface area (Å²) in [5.74, 6) is 0. The Labute approximate surface area is 116 Å². The number of benzene rings is 1. The number of sulfonamides is 1. The van der Waals surface area contributed by atoms with Gasteiger partial charge in [0.05, 0.1) is 17.3 Å². The monoisotopic (exact) mass is 312 g/mol. The van der Waals surface area contributed by atoms with Crippen molar-refractivity contribution in [1.29, 1.82) is 0 Å². The molecule has 3 N–H and O–H groups in total. The molecule has 0 aliphatic heterocycles. The molecule has 0 bridgehead atoms. The Morgan fingerprint density at radius 2 is 2.06 bits per heavy atom. The molecule has 1 aromatic carbocycles. The van der Waals surface area contributed by atoms with Crippen LogP contribution >= 0.6 is 23.2 Å². The normalized spacial score (nSPS) is 11.7. The average Bonchev–Trinajstić information content (AvgIpc) is 2.22. The van der Waals surface area contributed by atoms with Crippen molar-refractivity contribution in [2.75, 3.05) is 25.5 Å². The first kappa shape index (κ1) is 15.5. The van der Waals surface area contributed by atoms with E-state index >= 15 is 0 Å². The van der Waals surface area contributed by atoms with E-state index in [9.17, 15) is 8.42 Å². The molecule has 0 unspecified atom stereocenters. The van der Waals surface area contributed by atoms with Gasteiger partial charge >= 0.3 is 0 Å². The molecule has 0 fully saturated rings. The Morgan fingerprint density at radius 1 is 1.39 bits per heavy atom. The molecule has 0 aromatic heterocycles. The molecule has 18 heavy (non-hydrogen) atoms. The average molecular weight is 313 g/mol. The molecule has 0 spiro atoms. The number of hydrogen-bond donors (Lipinski definition) is 2. The number of ether oxygens (including phenoxy) is 1. The molecular formula is C10H14Cl2N2O3S. The SMILES string of the molecule is CCOCCNS(=O)(=O)c1c(N)cc(Cl)cc1Cl. The largest absolute Gasteiger partial charge is 0.398 e. The minimum Gasteiger partial charge on any atom is -0.398 e. The van der Waals surface area contributed by atoms with Gasteiger partial charge in [-0.2, -0.15) is 0 Å². The fourth-order valence-electron chi connectivity index (χ4n) is 1.33. The molecule has 0 saturated heterocycles. The molecule has 0 aliphatic carbocycles. The standard InChI is InChI=1S/C10H14Cl2N2O3S/c1-2-17-4-3-14-18(15,16)10-8(12)5-7(11)6-9(10)13/h5-6,14H,2-4,13H2,1H3. The lowest BCUT2D eigenvalue weighted by molar-refractivity contribution is 0.153. The van der Waals surface area contributed by atoms with Gasteiger partial charge in [-0.1, -0.05) is 23.2 Å². The second-order valence-electron chi connectivity index (χ2n) is 3.40. The topological polar surface area (TPSA) is 81.4 Å². The number of nitrogens with one attached hydrogen (secondary N) is 1. The second-order valence-corrected chi connectivity index (χ2v) is 5.95. The summed E-state index contributed by atoms with van der Waals surface area (Å²) in [7, 11) is -3.76. The quantitative estimate of drug-likeness (QED) is 0.621. The fourth-order valence-corrected chi connectivity index (χ4v) is 3.32. The third kappa shape index (κ3) is 4.00. The molecule has 0 saturated carbocycles. The van der Waals surface area contributed by atoms with Crippen molar-refractivity contribution in [3.05, 3.63) is 22.2 Å². The molecule has 0 heterocycles. The van der Waals surface area contributed by atoms with Crippen LogP contribution in [0.3, 0.4) is 0 Å². The highest BCUT2D eigenvalue weighted by atomic mass is 35.5. The van der Waals surface area contributed by atoms with Crippen LogP contribution in [-0.4, -0.2) is 28.2 Å². The second kappa shape index (κ2) is 6.58. The van der Waals surface area contributed by atoms with Gasteiger partial charge in [0.1, 0.15) is 4.90 Å². The lowest BCUT2D eigenvalue weighted by atomic mass is 10.3. The molecular weight excluding hydrogens is 299 g/mol. The summed E-state index contributed by atoms with van der Waals surface area (Å²) in [5.41, 5.74) is 5.63. The molecule has 0 amide bonds. The molecule has 1 aromatic rings. The van der Waals surface area contributed by atoms with E-state index < -0.39 is 10.0 Å². The van der Waals surface area contributed by atoms with E-state index in [0.717, 1.165) is 0 Å². The Balaban J connectivity index is 2.92. The van der Waals surface area contributed by atoms with E-state index in [1.807, 2.05) is 6.92 Å². The number of anilines is 1. The summed E-state index contributed by atoms with van der Waals surface area (Å²) >= 11 is 11.6. The van der Waals surface area contributed by atoms with Crippen LogP contribution in [0.2, 0.25) is 10.0 Å². The molecule has 102 valence electrons. The van der Waals surface area contributed by atoms with Crippen molar-refractivity contribution in [3.8, 4) is 0 Å². The van der Waals surface area contributed by atoms with Crippen LogP contribution in [-0.2, 0) is 14.8 Å². The molecule has 0 aliphatic rings. The van der Waals surface area contributed by atoms with Crippen LogP contribution < -0.4 is 10.5 Å². The minimum absolute atomic E-state index is 0.0103. The van der Waals surface area contributed by atoms with Crippen molar-refractivity contribution in [2.45, 2.75) is 11.8 Å². The third-order valence-corrected chi connectivity index (χ3v) is 4.25. The zero-order chi connectivity index (χ0) is 13.8. The molecule has 1 rings (SSSR count). The molecule has 0 atom stereocenters. The van der Waals surface area contributed by atoms with Crippen LogP contribution in [0.5, 0.6) is 0 Å². The smallest absolute Gasteiger partial charge is 0.244 e. The highest BCUT2D eigenvalue weighted by Crippen LogP contribution is 2.30. The van der Waals surface area contributed by atoms with Gasteiger partial charge < -0.3 is 10.5 Å². The van der Waals surface area contributed by atoms with Crippen LogP contribution in [0.15, 0.2) is 17.0 Å². The van der Waals surface area contributed by atoms with Gasteiger partial charge in [0.15, 0.2) is 0 Å². The Hall–Kier alpha value is -0.530. The van der Waals surface area contributed by atoms with Gasteiger partial charge in [-0.05, 0) is 19.1 Å².